The van der Waals surface area contributed by atoms with Gasteiger partial charge in [0.2, 0.25) is 5.91 Å². The Morgan fingerprint density at radius 3 is 2.42 bits per heavy atom. The summed E-state index contributed by atoms with van der Waals surface area (Å²) < 4.78 is 1.05. The van der Waals surface area contributed by atoms with E-state index >= 15 is 0 Å². The summed E-state index contributed by atoms with van der Waals surface area (Å²) in [6.07, 6.45) is 0. The topological polar surface area (TPSA) is 29.1 Å². The van der Waals surface area contributed by atoms with Gasteiger partial charge in [0.15, 0.2) is 0 Å². The van der Waals surface area contributed by atoms with Gasteiger partial charge in [-0.25, -0.2) is 0 Å². The summed E-state index contributed by atoms with van der Waals surface area (Å²) in [7, 11) is 0. The second-order valence-corrected chi connectivity index (χ2v) is 6.74. The van der Waals surface area contributed by atoms with E-state index in [1.807, 2.05) is 44.2 Å². The Morgan fingerprint density at radius 1 is 1.11 bits per heavy atom. The van der Waals surface area contributed by atoms with Gasteiger partial charge in [0.05, 0.1) is 4.83 Å². The van der Waals surface area contributed by atoms with E-state index in [2.05, 4.69) is 43.2 Å². The fourth-order valence-electron chi connectivity index (χ4n) is 1.81. The SMILES string of the molecule is CC(C)C(Br)C(=O)Nc1ccc2cc(Br)ccc2c1. The highest BCUT2D eigenvalue weighted by atomic mass is 79.9. The van der Waals surface area contributed by atoms with Crippen molar-refractivity contribution in [1.29, 1.82) is 0 Å². The molecule has 1 atom stereocenters. The molecule has 0 aliphatic rings. The van der Waals surface area contributed by atoms with E-state index in [0.717, 1.165) is 20.9 Å². The van der Waals surface area contributed by atoms with Gasteiger partial charge in [0.1, 0.15) is 0 Å². The molecule has 1 amide bonds. The van der Waals surface area contributed by atoms with Crippen LogP contribution in [0.3, 0.4) is 0 Å². The van der Waals surface area contributed by atoms with Crippen molar-refractivity contribution >= 4 is 54.2 Å². The van der Waals surface area contributed by atoms with Crippen molar-refractivity contribution in [3.8, 4) is 0 Å². The average molecular weight is 385 g/mol. The zero-order chi connectivity index (χ0) is 14.0. The minimum atomic E-state index is -0.173. The van der Waals surface area contributed by atoms with Crippen LogP contribution in [0.15, 0.2) is 40.9 Å². The minimum absolute atomic E-state index is 0.00791. The van der Waals surface area contributed by atoms with Gasteiger partial charge in [0, 0.05) is 10.2 Å². The summed E-state index contributed by atoms with van der Waals surface area (Å²) in [5, 5.41) is 5.19. The Kier molecular flexibility index (Phi) is 4.63. The van der Waals surface area contributed by atoms with Crippen LogP contribution in [0.5, 0.6) is 0 Å². The van der Waals surface area contributed by atoms with E-state index in [1.165, 1.54) is 0 Å². The van der Waals surface area contributed by atoms with Crippen molar-refractivity contribution in [2.45, 2.75) is 18.7 Å². The smallest absolute Gasteiger partial charge is 0.238 e. The van der Waals surface area contributed by atoms with E-state index in [9.17, 15) is 4.79 Å². The van der Waals surface area contributed by atoms with Gasteiger partial charge in [-0.3, -0.25) is 4.79 Å². The van der Waals surface area contributed by atoms with Crippen molar-refractivity contribution in [1.82, 2.24) is 0 Å². The number of amides is 1. The molecule has 100 valence electrons. The molecular formula is C15H15Br2NO. The van der Waals surface area contributed by atoms with Gasteiger partial charge in [0.25, 0.3) is 0 Å². The molecule has 1 unspecified atom stereocenters. The van der Waals surface area contributed by atoms with Gasteiger partial charge in [-0.2, -0.15) is 0 Å². The molecule has 1 N–H and O–H groups in total. The molecule has 0 saturated heterocycles. The summed E-state index contributed by atoms with van der Waals surface area (Å²) in [6, 6.07) is 12.0. The first-order valence-electron chi connectivity index (χ1n) is 6.11. The number of hydrogen-bond donors (Lipinski definition) is 1. The Hall–Kier alpha value is -0.870. The third kappa shape index (κ3) is 3.57. The zero-order valence-electron chi connectivity index (χ0n) is 10.8. The minimum Gasteiger partial charge on any atom is -0.325 e. The number of alkyl halides is 1. The van der Waals surface area contributed by atoms with Crippen LogP contribution in [0.4, 0.5) is 5.69 Å². The number of anilines is 1. The zero-order valence-corrected chi connectivity index (χ0v) is 14.0. The maximum atomic E-state index is 12.0. The first-order chi connectivity index (χ1) is 8.97. The second kappa shape index (κ2) is 6.06. The fraction of sp³-hybridized carbons (Fsp3) is 0.267. The highest BCUT2D eigenvalue weighted by molar-refractivity contribution is 9.10. The molecule has 0 spiro atoms. The molecule has 4 heteroatoms. The summed E-state index contributed by atoms with van der Waals surface area (Å²) in [5.41, 5.74) is 0.824. The van der Waals surface area contributed by atoms with Crippen LogP contribution in [0, 0.1) is 5.92 Å². The number of carbonyl (C=O) groups is 1. The highest BCUT2D eigenvalue weighted by Gasteiger charge is 2.18. The molecule has 0 fully saturated rings. The number of halogens is 2. The van der Waals surface area contributed by atoms with Crippen LogP contribution in [0.2, 0.25) is 0 Å². The number of rotatable bonds is 3. The Morgan fingerprint density at radius 2 is 1.74 bits per heavy atom. The van der Waals surface area contributed by atoms with Gasteiger partial charge >= 0.3 is 0 Å². The molecule has 2 rings (SSSR count). The van der Waals surface area contributed by atoms with Gasteiger partial charge in [-0.15, -0.1) is 0 Å². The lowest BCUT2D eigenvalue weighted by molar-refractivity contribution is -0.116. The van der Waals surface area contributed by atoms with Gasteiger partial charge in [-0.05, 0) is 41.0 Å². The number of nitrogens with one attached hydrogen (secondary N) is 1. The van der Waals surface area contributed by atoms with Crippen LogP contribution < -0.4 is 5.32 Å². The Labute approximate surface area is 129 Å². The van der Waals surface area contributed by atoms with Crippen LogP contribution in [0.25, 0.3) is 10.8 Å². The molecule has 0 aliphatic carbocycles. The standard InChI is InChI=1S/C15H15Br2NO/c1-9(2)14(17)15(19)18-13-6-4-10-7-12(16)5-3-11(10)8-13/h3-9,14H,1-2H3,(H,18,19). The first-order valence-corrected chi connectivity index (χ1v) is 7.82. The lowest BCUT2D eigenvalue weighted by Gasteiger charge is -2.14. The van der Waals surface area contributed by atoms with Crippen molar-refractivity contribution < 1.29 is 4.79 Å². The molecule has 0 aliphatic heterocycles. The van der Waals surface area contributed by atoms with Crippen molar-refractivity contribution in [3.05, 3.63) is 40.9 Å². The normalized spacial score (nSPS) is 12.7. The Balaban J connectivity index is 2.22. The van der Waals surface area contributed by atoms with Crippen LogP contribution >= 0.6 is 31.9 Å². The number of carbonyl (C=O) groups excluding carboxylic acids is 1. The maximum Gasteiger partial charge on any atom is 0.238 e. The van der Waals surface area contributed by atoms with Crippen molar-refractivity contribution in [2.75, 3.05) is 5.32 Å². The monoisotopic (exact) mass is 383 g/mol. The molecule has 0 bridgehead atoms. The molecule has 0 aromatic heterocycles. The summed E-state index contributed by atoms with van der Waals surface area (Å²) in [5.74, 6) is 0.253. The first kappa shape index (κ1) is 14.5. The lowest BCUT2D eigenvalue weighted by Crippen LogP contribution is -2.26. The molecule has 2 nitrogen and oxygen atoms in total. The van der Waals surface area contributed by atoms with E-state index in [0.29, 0.717) is 0 Å². The van der Waals surface area contributed by atoms with Crippen LogP contribution in [0.1, 0.15) is 13.8 Å². The van der Waals surface area contributed by atoms with Crippen LogP contribution in [-0.4, -0.2) is 10.7 Å². The maximum absolute atomic E-state index is 12.0. The second-order valence-electron chi connectivity index (χ2n) is 4.84. The molecule has 19 heavy (non-hydrogen) atoms. The lowest BCUT2D eigenvalue weighted by atomic mass is 10.1. The highest BCUT2D eigenvalue weighted by Crippen LogP contribution is 2.23. The van der Waals surface area contributed by atoms with Crippen molar-refractivity contribution in [3.63, 3.8) is 0 Å². The predicted octanol–water partition coefficient (Wildman–Crippen LogP) is 4.96. The summed E-state index contributed by atoms with van der Waals surface area (Å²) in [4.78, 5) is 11.8. The molecule has 2 aromatic rings. The summed E-state index contributed by atoms with van der Waals surface area (Å²) in [6.45, 7) is 4.02. The van der Waals surface area contributed by atoms with E-state index in [4.69, 9.17) is 0 Å². The summed E-state index contributed by atoms with van der Waals surface area (Å²) >= 11 is 6.86. The van der Waals surface area contributed by atoms with E-state index < -0.39 is 0 Å². The fourth-order valence-corrected chi connectivity index (χ4v) is 2.30. The molecule has 0 radical (unpaired) electrons. The molecule has 0 heterocycles. The quantitative estimate of drug-likeness (QED) is 0.744. The molecule has 2 aromatic carbocycles. The molecular weight excluding hydrogens is 370 g/mol. The number of fused-ring (bicyclic) bond motifs is 1. The average Bonchev–Trinajstić information content (AvgIpc) is 2.37. The van der Waals surface area contributed by atoms with Gasteiger partial charge < -0.3 is 5.32 Å². The third-order valence-electron chi connectivity index (χ3n) is 2.91. The third-order valence-corrected chi connectivity index (χ3v) is 4.87. The Bertz CT molecular complexity index is 610. The van der Waals surface area contributed by atoms with Gasteiger partial charge in [-0.1, -0.05) is 57.8 Å². The van der Waals surface area contributed by atoms with Crippen LogP contribution in [-0.2, 0) is 4.79 Å². The van der Waals surface area contributed by atoms with E-state index in [1.54, 1.807) is 0 Å². The van der Waals surface area contributed by atoms with E-state index in [-0.39, 0.29) is 16.7 Å². The number of hydrogen-bond acceptors (Lipinski definition) is 1. The largest absolute Gasteiger partial charge is 0.325 e. The predicted molar refractivity (Wildman–Crippen MR) is 87.8 cm³/mol. The number of benzene rings is 2. The molecule has 0 saturated carbocycles. The van der Waals surface area contributed by atoms with Crippen molar-refractivity contribution in [2.24, 2.45) is 5.92 Å².